The topological polar surface area (TPSA) is 178 Å². The number of carboxylic acid groups (broad SMARTS) is 1. The van der Waals surface area contributed by atoms with Crippen molar-refractivity contribution in [3.05, 3.63) is 131 Å². The van der Waals surface area contributed by atoms with E-state index in [4.69, 9.17) is 0 Å². The van der Waals surface area contributed by atoms with Gasteiger partial charge in [0, 0.05) is 81.2 Å². The molecule has 1 fully saturated rings. The van der Waals surface area contributed by atoms with E-state index in [-0.39, 0.29) is 55.7 Å². The lowest BCUT2D eigenvalue weighted by atomic mass is 9.78. The number of rotatable bonds is 11. The van der Waals surface area contributed by atoms with Crippen molar-refractivity contribution in [1.82, 2.24) is 0 Å². The molecule has 0 spiro atoms. The van der Waals surface area contributed by atoms with Crippen molar-refractivity contribution in [2.24, 2.45) is 5.92 Å². The summed E-state index contributed by atoms with van der Waals surface area (Å²) >= 11 is 0. The number of hydrogen-bond acceptors (Lipinski definition) is 11. The summed E-state index contributed by atoms with van der Waals surface area (Å²) in [5, 5.41) is 16.5. The van der Waals surface area contributed by atoms with Crippen LogP contribution < -0.4 is 14.9 Å². The molecule has 4 aromatic carbocycles. The van der Waals surface area contributed by atoms with E-state index >= 15 is 0 Å². The highest BCUT2D eigenvalue weighted by Crippen LogP contribution is 2.52. The van der Waals surface area contributed by atoms with Crippen LogP contribution in [-0.4, -0.2) is 62.3 Å². The lowest BCUT2D eigenvalue weighted by molar-refractivity contribution is -0.311. The van der Waals surface area contributed by atoms with Crippen molar-refractivity contribution in [2.45, 2.75) is 64.2 Å². The Hall–Kier alpha value is -5.08. The molecule has 13 heteroatoms. The summed E-state index contributed by atoms with van der Waals surface area (Å²) in [4.78, 5) is 30.7. The highest BCUT2D eigenvalue weighted by atomic mass is 32.2. The van der Waals surface area contributed by atoms with Gasteiger partial charge in [0.2, 0.25) is 0 Å². The van der Waals surface area contributed by atoms with Crippen LogP contribution in [0.25, 0.3) is 21.5 Å². The maximum absolute atomic E-state index is 14.3. The van der Waals surface area contributed by atoms with Gasteiger partial charge in [0.15, 0.2) is 5.78 Å². The van der Waals surface area contributed by atoms with Crippen LogP contribution in [-0.2, 0) is 40.7 Å². The van der Waals surface area contributed by atoms with Crippen LogP contribution in [0.1, 0.15) is 64.5 Å². The molecule has 2 heterocycles. The molecule has 11 nitrogen and oxygen atoms in total. The summed E-state index contributed by atoms with van der Waals surface area (Å²) < 4.78 is 69.4. The summed E-state index contributed by atoms with van der Waals surface area (Å²) in [6.45, 7) is 8.62. The average molecular weight is 822 g/mol. The first-order valence-electron chi connectivity index (χ1n) is 19.3. The number of benzene rings is 4. The van der Waals surface area contributed by atoms with E-state index < -0.39 is 54.5 Å². The van der Waals surface area contributed by atoms with Crippen LogP contribution >= 0.6 is 0 Å². The second kappa shape index (κ2) is 15.3. The van der Waals surface area contributed by atoms with Gasteiger partial charge in [-0.25, -0.2) is 16.8 Å². The number of hydrogen-bond donors (Lipinski definition) is 0. The Morgan fingerprint density at radius 2 is 1.05 bits per heavy atom. The lowest BCUT2D eigenvalue weighted by Gasteiger charge is -2.29. The highest BCUT2D eigenvalue weighted by Gasteiger charge is 2.42. The molecule has 0 atom stereocenters. The standard InChI is InChI=1S/C45H48N2O9S2/c1-44(2)38(46(23-9-25-57(51,52)53)36-19-15-29-11-5-7-13-34(29)40(36)44)21-17-31-27-33(43(49)50)28-32(42(31)48)18-22-39-45(3,4)41-35-14-8-6-12-30(35)16-20-37(41)47(39)24-10-26-58(54,55)56/h5-8,11-22,33H,9-10,23-28H2,1-4H3,(H,49,50)(H,51,52,53)(H,54,55,56)/p-3/b31-17+,32-18+,38-21+,39-22+. The number of carboxylic acids is 1. The fraction of sp³-hybridized carbons (Fsp3) is 0.333. The van der Waals surface area contributed by atoms with E-state index in [9.17, 15) is 40.6 Å². The lowest BCUT2D eigenvalue weighted by Crippen LogP contribution is -2.35. The number of ketones is 1. The summed E-state index contributed by atoms with van der Waals surface area (Å²) in [7, 11) is -8.91. The number of Topliss-reactive ketones (excluding diaryl/α,β-unsaturated/α-hetero) is 1. The Bertz CT molecular complexity index is 2530. The molecule has 0 bridgehead atoms. The third-order valence-electron chi connectivity index (χ3n) is 11.8. The molecule has 2 aliphatic heterocycles. The van der Waals surface area contributed by atoms with E-state index in [1.54, 1.807) is 24.3 Å². The number of anilines is 2. The number of fused-ring (bicyclic) bond motifs is 6. The summed E-state index contributed by atoms with van der Waals surface area (Å²) in [6.07, 6.45) is 6.95. The van der Waals surface area contributed by atoms with Gasteiger partial charge in [0.1, 0.15) is 0 Å². The van der Waals surface area contributed by atoms with Crippen molar-refractivity contribution >= 4 is 64.9 Å². The Morgan fingerprint density at radius 3 is 1.43 bits per heavy atom. The van der Waals surface area contributed by atoms with Crippen molar-refractivity contribution < 1.29 is 40.6 Å². The molecule has 4 aromatic rings. The molecule has 0 saturated heterocycles. The van der Waals surface area contributed by atoms with Crippen molar-refractivity contribution in [3.8, 4) is 0 Å². The van der Waals surface area contributed by atoms with Gasteiger partial charge in [-0.05, 0) is 82.6 Å². The molecule has 7 rings (SSSR count). The molecule has 0 unspecified atom stereocenters. The summed E-state index contributed by atoms with van der Waals surface area (Å²) in [5.74, 6) is -3.67. The van der Waals surface area contributed by atoms with Crippen LogP contribution in [0.2, 0.25) is 0 Å². The van der Waals surface area contributed by atoms with E-state index in [2.05, 4.69) is 0 Å². The van der Waals surface area contributed by atoms with E-state index in [0.717, 1.165) is 55.4 Å². The summed E-state index contributed by atoms with van der Waals surface area (Å²) in [5.41, 5.74) is 4.57. The monoisotopic (exact) mass is 821 g/mol. The first-order chi connectivity index (χ1) is 27.3. The average Bonchev–Trinajstić information content (AvgIpc) is 3.51. The third kappa shape index (κ3) is 7.88. The smallest absolute Gasteiger partial charge is 0.185 e. The van der Waals surface area contributed by atoms with Gasteiger partial charge in [-0.3, -0.25) is 4.79 Å². The minimum atomic E-state index is -4.45. The Morgan fingerprint density at radius 1 is 0.655 bits per heavy atom. The molecular formula is C45H45N2O9S2-3. The fourth-order valence-corrected chi connectivity index (χ4v) is 10.1. The normalized spacial score (nSPS) is 21.8. The largest absolute Gasteiger partial charge is 0.748 e. The van der Waals surface area contributed by atoms with Gasteiger partial charge in [-0.15, -0.1) is 0 Å². The number of carbonyl (C=O) groups excluding carboxylic acids is 2. The second-order valence-electron chi connectivity index (χ2n) is 16.4. The first kappa shape index (κ1) is 41.1. The zero-order chi connectivity index (χ0) is 41.8. The molecular weight excluding hydrogens is 777 g/mol. The molecule has 3 aliphatic rings. The van der Waals surface area contributed by atoms with Crippen molar-refractivity contribution in [2.75, 3.05) is 34.4 Å². The van der Waals surface area contributed by atoms with Gasteiger partial charge < -0.3 is 28.8 Å². The Balaban J connectivity index is 1.29. The van der Waals surface area contributed by atoms with Gasteiger partial charge in [0.25, 0.3) is 0 Å². The molecule has 58 heavy (non-hydrogen) atoms. The van der Waals surface area contributed by atoms with Gasteiger partial charge in [-0.1, -0.05) is 101 Å². The number of aliphatic carboxylic acids is 1. The maximum Gasteiger partial charge on any atom is 0.185 e. The van der Waals surface area contributed by atoms with Gasteiger partial charge in [0.05, 0.1) is 20.2 Å². The van der Waals surface area contributed by atoms with Crippen molar-refractivity contribution in [1.29, 1.82) is 0 Å². The van der Waals surface area contributed by atoms with E-state index in [0.29, 0.717) is 0 Å². The third-order valence-corrected chi connectivity index (χ3v) is 13.4. The SMILES string of the molecule is CC1(C)/C(=C\C=C2/CC(C(=O)[O-])C/C(=C\C=C3\N(CCCS(=O)(=O)[O-])c4ccc5ccccc5c4C3(C)C)C2=O)N(CCCS(=O)(=O)[O-])c2ccc3ccccc3c21. The highest BCUT2D eigenvalue weighted by molar-refractivity contribution is 7.85. The predicted molar refractivity (Wildman–Crippen MR) is 222 cm³/mol. The molecule has 0 aromatic heterocycles. The van der Waals surface area contributed by atoms with Crippen LogP contribution in [0.5, 0.6) is 0 Å². The number of nitrogens with zero attached hydrogens (tertiary/aromatic N) is 2. The molecule has 304 valence electrons. The van der Waals surface area contributed by atoms with Crippen LogP contribution in [0.4, 0.5) is 11.4 Å². The molecule has 0 N–H and O–H groups in total. The summed E-state index contributed by atoms with van der Waals surface area (Å²) in [6, 6.07) is 23.8. The minimum absolute atomic E-state index is 0.0533. The van der Waals surface area contributed by atoms with Crippen molar-refractivity contribution in [3.63, 3.8) is 0 Å². The Labute approximate surface area is 339 Å². The Kier molecular flexibility index (Phi) is 10.8. The first-order valence-corrected chi connectivity index (χ1v) is 22.5. The predicted octanol–water partition coefficient (Wildman–Crippen LogP) is 6.11. The quantitative estimate of drug-likeness (QED) is 0.126. The molecule has 1 saturated carbocycles. The minimum Gasteiger partial charge on any atom is -0.748 e. The van der Waals surface area contributed by atoms with Gasteiger partial charge in [-0.2, -0.15) is 0 Å². The van der Waals surface area contributed by atoms with Crippen LogP contribution in [0, 0.1) is 5.92 Å². The van der Waals surface area contributed by atoms with Gasteiger partial charge >= 0.3 is 0 Å². The zero-order valence-electron chi connectivity index (χ0n) is 32.9. The van der Waals surface area contributed by atoms with E-state index in [1.165, 1.54) is 0 Å². The van der Waals surface area contributed by atoms with Crippen LogP contribution in [0.15, 0.2) is 120 Å². The van der Waals surface area contributed by atoms with Crippen LogP contribution in [0.3, 0.4) is 0 Å². The number of allylic oxidation sites excluding steroid dienone is 8. The zero-order valence-corrected chi connectivity index (χ0v) is 34.5. The molecule has 0 amide bonds. The fourth-order valence-electron chi connectivity index (χ4n) is 9.16. The molecule has 1 aliphatic carbocycles. The molecule has 0 radical (unpaired) electrons. The number of carbonyl (C=O) groups is 2. The maximum atomic E-state index is 14.3. The van der Waals surface area contributed by atoms with E-state index in [1.807, 2.05) is 110 Å². The second-order valence-corrected chi connectivity index (χ2v) is 19.4.